The van der Waals surface area contributed by atoms with E-state index in [0.717, 1.165) is 5.56 Å². The fourth-order valence-corrected chi connectivity index (χ4v) is 5.10. The lowest BCUT2D eigenvalue weighted by Crippen LogP contribution is -2.69. The number of rotatable bonds is 14. The molecule has 0 bridgehead atoms. The number of methoxy groups -OCH3 is 1. The third-order valence-corrected chi connectivity index (χ3v) is 7.66. The molecule has 2 aromatic carbocycles. The fourth-order valence-electron chi connectivity index (χ4n) is 5.10. The van der Waals surface area contributed by atoms with Crippen molar-refractivity contribution in [2.75, 3.05) is 13.7 Å². The van der Waals surface area contributed by atoms with E-state index < -0.39 is 72.3 Å². The molecule has 8 atom stereocenters. The summed E-state index contributed by atoms with van der Waals surface area (Å²) in [6.45, 7) is 3.43. The normalized spacial score (nSPS) is 23.1. The molecule has 2 aromatic rings. The van der Waals surface area contributed by atoms with Crippen LogP contribution in [-0.2, 0) is 41.5 Å². The van der Waals surface area contributed by atoms with Crippen LogP contribution in [0.1, 0.15) is 31.4 Å². The molecule has 252 valence electrons. The maximum absolute atomic E-state index is 13.5. The minimum absolute atomic E-state index is 0.0212. The van der Waals surface area contributed by atoms with Crippen LogP contribution in [0.3, 0.4) is 0 Å². The molecular formula is C32H45N4O10+. The number of aromatic hydroxyl groups is 1. The smallest absolute Gasteiger partial charge is 0.328 e. The molecule has 46 heavy (non-hydrogen) atoms. The largest absolute Gasteiger partial charge is 0.508 e. The zero-order valence-corrected chi connectivity index (χ0v) is 26.2. The van der Waals surface area contributed by atoms with E-state index in [-0.39, 0.29) is 37.5 Å². The van der Waals surface area contributed by atoms with E-state index in [9.17, 15) is 39.6 Å². The molecule has 0 saturated carbocycles. The van der Waals surface area contributed by atoms with E-state index in [2.05, 4.69) is 21.7 Å². The molecule has 1 aliphatic heterocycles. The van der Waals surface area contributed by atoms with E-state index in [0.29, 0.717) is 5.56 Å². The van der Waals surface area contributed by atoms with Gasteiger partial charge in [-0.1, -0.05) is 56.3 Å². The number of nitrogens with one attached hydrogen (secondary N) is 3. The molecule has 10 N–H and O–H groups in total. The predicted molar refractivity (Wildman–Crippen MR) is 164 cm³/mol. The van der Waals surface area contributed by atoms with Gasteiger partial charge < -0.3 is 51.6 Å². The van der Waals surface area contributed by atoms with Gasteiger partial charge >= 0.3 is 5.97 Å². The number of benzene rings is 2. The first-order chi connectivity index (χ1) is 21.8. The zero-order chi connectivity index (χ0) is 34.0. The highest BCUT2D eigenvalue weighted by Gasteiger charge is 2.47. The Morgan fingerprint density at radius 1 is 0.848 bits per heavy atom. The van der Waals surface area contributed by atoms with Crippen molar-refractivity contribution in [3.05, 3.63) is 65.7 Å². The quantitative estimate of drug-likeness (QED) is 0.105. The van der Waals surface area contributed by atoms with Crippen molar-refractivity contribution >= 4 is 23.7 Å². The lowest BCUT2D eigenvalue weighted by atomic mass is 9.93. The number of esters is 1. The molecule has 1 saturated heterocycles. The van der Waals surface area contributed by atoms with Crippen LogP contribution >= 0.6 is 0 Å². The number of hydrogen-bond donors (Lipinski definition) is 8. The van der Waals surface area contributed by atoms with E-state index in [4.69, 9.17) is 9.47 Å². The summed E-state index contributed by atoms with van der Waals surface area (Å²) in [5.41, 5.74) is 5.30. The number of aliphatic hydroxyl groups excluding tert-OH is 3. The molecule has 0 aliphatic carbocycles. The Kier molecular flexibility index (Phi) is 13.5. The predicted octanol–water partition coefficient (Wildman–Crippen LogP) is -2.06. The number of phenols is 1. The molecule has 0 spiro atoms. The lowest BCUT2D eigenvalue weighted by Gasteiger charge is -2.40. The summed E-state index contributed by atoms with van der Waals surface area (Å²) < 4.78 is 10.5. The van der Waals surface area contributed by atoms with E-state index in [1.165, 1.54) is 19.2 Å². The topological polar surface area (TPSA) is 231 Å². The number of amides is 3. The second kappa shape index (κ2) is 17.0. The van der Waals surface area contributed by atoms with Gasteiger partial charge in [-0.3, -0.25) is 14.4 Å². The van der Waals surface area contributed by atoms with Crippen LogP contribution in [0.2, 0.25) is 0 Å². The summed E-state index contributed by atoms with van der Waals surface area (Å²) >= 11 is 0. The fraction of sp³-hybridized carbons (Fsp3) is 0.500. The Labute approximate surface area is 267 Å². The van der Waals surface area contributed by atoms with Crippen LogP contribution in [0.4, 0.5) is 0 Å². The molecule has 0 aromatic heterocycles. The van der Waals surface area contributed by atoms with Gasteiger partial charge in [-0.05, 0) is 35.6 Å². The van der Waals surface area contributed by atoms with Crippen molar-refractivity contribution in [1.82, 2.24) is 16.0 Å². The lowest BCUT2D eigenvalue weighted by molar-refractivity contribution is -0.403. The molecule has 1 aliphatic rings. The number of hydrogen-bond acceptors (Lipinski definition) is 10. The van der Waals surface area contributed by atoms with Crippen molar-refractivity contribution in [1.29, 1.82) is 0 Å². The van der Waals surface area contributed by atoms with Gasteiger partial charge in [0.25, 0.3) is 11.8 Å². The molecule has 14 nitrogen and oxygen atoms in total. The van der Waals surface area contributed by atoms with Gasteiger partial charge in [0.2, 0.25) is 5.91 Å². The summed E-state index contributed by atoms with van der Waals surface area (Å²) in [5, 5.41) is 49.0. The SMILES string of the molecule is COC(=O)[C@H](CC(C)C)NC(=O)[C@H](Cc1ccccc1)NC(=O)[C@H]1O[C@@H](CNC(=O)[C@@H]([NH3+])Cc2ccc(O)cc2)[C@H](O)[C@@H](O)[C@@H]1O. The Morgan fingerprint density at radius 3 is 2.09 bits per heavy atom. The summed E-state index contributed by atoms with van der Waals surface area (Å²) in [6.07, 6.45) is -7.77. The first-order valence-corrected chi connectivity index (χ1v) is 15.1. The van der Waals surface area contributed by atoms with Crippen molar-refractivity contribution in [3.63, 3.8) is 0 Å². The number of phenolic OH excluding ortho intramolecular Hbond substituents is 1. The molecule has 14 heteroatoms. The zero-order valence-electron chi connectivity index (χ0n) is 26.2. The monoisotopic (exact) mass is 645 g/mol. The van der Waals surface area contributed by atoms with Gasteiger partial charge in [-0.2, -0.15) is 0 Å². The number of aliphatic hydroxyl groups is 3. The molecule has 0 radical (unpaired) electrons. The van der Waals surface area contributed by atoms with Crippen LogP contribution in [0.15, 0.2) is 54.6 Å². The molecule has 3 rings (SSSR count). The highest BCUT2D eigenvalue weighted by atomic mass is 16.5. The third-order valence-electron chi connectivity index (χ3n) is 7.66. The average molecular weight is 646 g/mol. The standard InChI is InChI=1S/C32H44N4O10/c1-17(2)13-23(32(44)45-3)36-30(42)22(15-18-7-5-4-6-8-18)35-31(43)28-27(40)26(39)25(38)24(46-28)16-34-29(41)21(33)14-19-9-11-20(37)12-10-19/h4-12,17,21-28,37-40H,13-16,33H2,1-3H3,(H,34,41)(H,35,43)(H,36,42)/p+1/t21-,22-,23-,24-,25-,26+,27-,28-/m0/s1. The molecule has 1 heterocycles. The van der Waals surface area contributed by atoms with Gasteiger partial charge in [-0.25, -0.2) is 4.79 Å². The van der Waals surface area contributed by atoms with Crippen LogP contribution in [0.25, 0.3) is 0 Å². The maximum Gasteiger partial charge on any atom is 0.328 e. The average Bonchev–Trinajstić information content (AvgIpc) is 3.03. The molecule has 0 unspecified atom stereocenters. The van der Waals surface area contributed by atoms with E-state index >= 15 is 0 Å². The van der Waals surface area contributed by atoms with E-state index in [1.807, 2.05) is 13.8 Å². The van der Waals surface area contributed by atoms with Gasteiger partial charge in [-0.15, -0.1) is 0 Å². The summed E-state index contributed by atoms with van der Waals surface area (Å²) in [6, 6.07) is 12.1. The second-order valence-electron chi connectivity index (χ2n) is 11.8. The van der Waals surface area contributed by atoms with Crippen molar-refractivity contribution in [2.24, 2.45) is 5.92 Å². The molecule has 1 fully saturated rings. The first-order valence-electron chi connectivity index (χ1n) is 15.1. The number of ether oxygens (including phenoxy) is 2. The second-order valence-corrected chi connectivity index (χ2v) is 11.8. The summed E-state index contributed by atoms with van der Waals surface area (Å²) in [5.74, 6) is -2.65. The van der Waals surface area contributed by atoms with Crippen LogP contribution in [0, 0.1) is 5.92 Å². The van der Waals surface area contributed by atoms with Crippen LogP contribution in [-0.4, -0.2) is 106 Å². The van der Waals surface area contributed by atoms with Gasteiger partial charge in [0.15, 0.2) is 12.1 Å². The van der Waals surface area contributed by atoms with Gasteiger partial charge in [0, 0.05) is 19.4 Å². The Balaban J connectivity index is 1.71. The number of carbonyl (C=O) groups is 4. The van der Waals surface area contributed by atoms with Crippen LogP contribution in [0.5, 0.6) is 5.75 Å². The van der Waals surface area contributed by atoms with Crippen LogP contribution < -0.4 is 21.7 Å². The first kappa shape index (κ1) is 36.4. The van der Waals surface area contributed by atoms with Crippen molar-refractivity contribution in [3.8, 4) is 5.75 Å². The number of carbonyl (C=O) groups excluding carboxylic acids is 4. The maximum atomic E-state index is 13.5. The highest BCUT2D eigenvalue weighted by Crippen LogP contribution is 2.22. The van der Waals surface area contributed by atoms with Crippen molar-refractivity contribution < 1.29 is 54.8 Å². The highest BCUT2D eigenvalue weighted by molar-refractivity contribution is 5.92. The Hall–Kier alpha value is -4.08. The molecular weight excluding hydrogens is 600 g/mol. The van der Waals surface area contributed by atoms with E-state index in [1.54, 1.807) is 42.5 Å². The van der Waals surface area contributed by atoms with Gasteiger partial charge in [0.1, 0.15) is 42.2 Å². The molecule has 3 amide bonds. The minimum Gasteiger partial charge on any atom is -0.508 e. The van der Waals surface area contributed by atoms with Crippen molar-refractivity contribution in [2.45, 2.75) is 81.8 Å². The Morgan fingerprint density at radius 2 is 1.48 bits per heavy atom. The van der Waals surface area contributed by atoms with Gasteiger partial charge in [0.05, 0.1) is 7.11 Å². The summed E-state index contributed by atoms with van der Waals surface area (Å²) in [4.78, 5) is 52.0. The summed E-state index contributed by atoms with van der Waals surface area (Å²) in [7, 11) is 1.21. The third kappa shape index (κ3) is 10.2. The Bertz CT molecular complexity index is 1310. The minimum atomic E-state index is -1.86. The number of quaternary nitrogens is 1.